The summed E-state index contributed by atoms with van der Waals surface area (Å²) in [7, 11) is 0. The van der Waals surface area contributed by atoms with Crippen LogP contribution in [0.3, 0.4) is 0 Å². The Morgan fingerprint density at radius 2 is 2.04 bits per heavy atom. The van der Waals surface area contributed by atoms with Gasteiger partial charge in [0.25, 0.3) is 0 Å². The molecule has 3 aromatic rings. The lowest BCUT2D eigenvalue weighted by Crippen LogP contribution is -2.28. The number of imidazole rings is 1. The molecule has 1 N–H and O–H groups in total. The van der Waals surface area contributed by atoms with Gasteiger partial charge in [-0.05, 0) is 25.2 Å². The van der Waals surface area contributed by atoms with Crippen LogP contribution in [0, 0.1) is 10.1 Å². The minimum Gasteiger partial charge on any atom is -0.309 e. The summed E-state index contributed by atoms with van der Waals surface area (Å²) in [6.45, 7) is 7.51. The van der Waals surface area contributed by atoms with Crippen LogP contribution in [0.5, 0.6) is 0 Å². The molecule has 10 nitrogen and oxygen atoms in total. The minimum atomic E-state index is -0.548. The number of hydrogen-bond acceptors (Lipinski definition) is 6. The van der Waals surface area contributed by atoms with Crippen LogP contribution < -0.4 is 5.32 Å². The van der Waals surface area contributed by atoms with Crippen LogP contribution in [0.2, 0.25) is 0 Å². The summed E-state index contributed by atoms with van der Waals surface area (Å²) in [5.41, 5.74) is 1.59. The van der Waals surface area contributed by atoms with Crippen molar-refractivity contribution in [3.63, 3.8) is 0 Å². The molecular formula is C18H23N7O3. The first kappa shape index (κ1) is 19.5. The normalized spacial score (nSPS) is 11.2. The number of fused-ring (bicyclic) bond motifs is 1. The van der Waals surface area contributed by atoms with Crippen molar-refractivity contribution in [3.05, 3.63) is 46.8 Å². The Morgan fingerprint density at radius 1 is 1.29 bits per heavy atom. The number of para-hydroxylation sites is 2. The van der Waals surface area contributed by atoms with E-state index in [1.165, 1.54) is 10.9 Å². The number of nitrogens with one attached hydrogen (secondary N) is 1. The molecule has 28 heavy (non-hydrogen) atoms. The molecule has 0 spiro atoms. The van der Waals surface area contributed by atoms with E-state index in [9.17, 15) is 14.9 Å². The Morgan fingerprint density at radius 3 is 2.71 bits per heavy atom. The molecule has 148 valence electrons. The molecule has 0 fully saturated rings. The molecular weight excluding hydrogens is 362 g/mol. The summed E-state index contributed by atoms with van der Waals surface area (Å²) >= 11 is 0. The van der Waals surface area contributed by atoms with Crippen LogP contribution in [0.15, 0.2) is 36.7 Å². The van der Waals surface area contributed by atoms with Crippen molar-refractivity contribution in [1.82, 2.24) is 24.2 Å². The molecule has 2 heterocycles. The van der Waals surface area contributed by atoms with Gasteiger partial charge in [-0.3, -0.25) is 24.9 Å². The van der Waals surface area contributed by atoms with Crippen LogP contribution in [-0.4, -0.2) is 54.7 Å². The van der Waals surface area contributed by atoms with Crippen LogP contribution >= 0.6 is 0 Å². The third-order valence-electron chi connectivity index (χ3n) is 4.58. The summed E-state index contributed by atoms with van der Waals surface area (Å²) < 4.78 is 3.22. The molecule has 0 atom stereocenters. The Labute approximate surface area is 161 Å². The second-order valence-electron chi connectivity index (χ2n) is 6.30. The van der Waals surface area contributed by atoms with Crippen LogP contribution in [0.25, 0.3) is 11.0 Å². The van der Waals surface area contributed by atoms with Crippen LogP contribution in [-0.2, 0) is 17.9 Å². The van der Waals surface area contributed by atoms with Gasteiger partial charge in [0.15, 0.2) is 0 Å². The Kier molecular flexibility index (Phi) is 5.99. The van der Waals surface area contributed by atoms with E-state index in [0.717, 1.165) is 36.9 Å². The largest absolute Gasteiger partial charge is 0.309 e. The zero-order chi connectivity index (χ0) is 20.1. The fourth-order valence-electron chi connectivity index (χ4n) is 3.02. The van der Waals surface area contributed by atoms with Crippen molar-refractivity contribution in [3.8, 4) is 0 Å². The number of carbonyl (C=O) groups is 1. The molecule has 2 aromatic heterocycles. The average molecular weight is 385 g/mol. The maximum atomic E-state index is 12.4. The molecule has 0 aliphatic carbocycles. The lowest BCUT2D eigenvalue weighted by atomic mass is 10.3. The first-order valence-corrected chi connectivity index (χ1v) is 9.16. The van der Waals surface area contributed by atoms with Crippen molar-refractivity contribution in [2.45, 2.75) is 26.9 Å². The minimum absolute atomic E-state index is 0.132. The van der Waals surface area contributed by atoms with Gasteiger partial charge in [0.05, 0.1) is 16.0 Å². The lowest BCUT2D eigenvalue weighted by molar-refractivity contribution is -0.385. The highest BCUT2D eigenvalue weighted by Crippen LogP contribution is 2.20. The monoisotopic (exact) mass is 385 g/mol. The summed E-state index contributed by atoms with van der Waals surface area (Å²) in [5.74, 6) is 0.109. The molecule has 10 heteroatoms. The van der Waals surface area contributed by atoms with E-state index in [1.807, 2.05) is 28.8 Å². The third-order valence-corrected chi connectivity index (χ3v) is 4.58. The zero-order valence-corrected chi connectivity index (χ0v) is 15.9. The van der Waals surface area contributed by atoms with E-state index in [2.05, 4.69) is 34.1 Å². The van der Waals surface area contributed by atoms with Crippen LogP contribution in [0.4, 0.5) is 11.6 Å². The maximum Gasteiger partial charge on any atom is 0.307 e. The molecule has 0 radical (unpaired) electrons. The predicted octanol–water partition coefficient (Wildman–Crippen LogP) is 2.12. The first-order valence-electron chi connectivity index (χ1n) is 9.16. The molecule has 0 saturated heterocycles. The fraction of sp³-hybridized carbons (Fsp3) is 0.389. The molecule has 0 unspecified atom stereocenters. The quantitative estimate of drug-likeness (QED) is 0.446. The highest BCUT2D eigenvalue weighted by Gasteiger charge is 2.16. The van der Waals surface area contributed by atoms with Gasteiger partial charge in [-0.2, -0.15) is 5.10 Å². The Hall–Kier alpha value is -3.27. The van der Waals surface area contributed by atoms with Gasteiger partial charge < -0.3 is 9.47 Å². The number of nitro groups is 1. The number of anilines is 1. The zero-order valence-electron chi connectivity index (χ0n) is 15.9. The van der Waals surface area contributed by atoms with Gasteiger partial charge >= 0.3 is 5.69 Å². The molecule has 1 aromatic carbocycles. The van der Waals surface area contributed by atoms with E-state index in [0.29, 0.717) is 12.5 Å². The van der Waals surface area contributed by atoms with Crippen molar-refractivity contribution < 1.29 is 9.72 Å². The van der Waals surface area contributed by atoms with Crippen molar-refractivity contribution >= 4 is 28.6 Å². The van der Waals surface area contributed by atoms with Gasteiger partial charge in [-0.15, -0.1) is 0 Å². The summed E-state index contributed by atoms with van der Waals surface area (Å²) in [6, 6.07) is 7.71. The van der Waals surface area contributed by atoms with Gasteiger partial charge in [-0.25, -0.2) is 4.98 Å². The Bertz CT molecular complexity index is 975. The number of aromatic nitrogens is 4. The van der Waals surface area contributed by atoms with E-state index in [-0.39, 0.29) is 18.1 Å². The standard InChI is InChI=1S/C18H23N7O3/c1-3-22(4-2)9-10-24-16-8-6-5-7-15(16)20-18(24)21-17(26)13-23-12-14(11-19-23)25(27)28/h5-8,11-12H,3-4,9-10,13H2,1-2H3,(H,20,21,26). The van der Waals surface area contributed by atoms with E-state index < -0.39 is 4.92 Å². The molecule has 0 saturated carbocycles. The number of nitrogens with zero attached hydrogens (tertiary/aromatic N) is 6. The predicted molar refractivity (Wildman–Crippen MR) is 105 cm³/mol. The molecule has 3 rings (SSSR count). The number of amides is 1. The fourth-order valence-corrected chi connectivity index (χ4v) is 3.02. The average Bonchev–Trinajstić information content (AvgIpc) is 3.27. The molecule has 0 aliphatic rings. The van der Waals surface area contributed by atoms with Gasteiger partial charge in [0, 0.05) is 13.1 Å². The lowest BCUT2D eigenvalue weighted by Gasteiger charge is -2.19. The topological polar surface area (TPSA) is 111 Å². The number of carbonyl (C=O) groups excluding carboxylic acids is 1. The SMILES string of the molecule is CCN(CC)CCn1c(NC(=O)Cn2cc([N+](=O)[O-])cn2)nc2ccccc21. The number of benzene rings is 1. The van der Waals surface area contributed by atoms with Gasteiger partial charge in [-0.1, -0.05) is 26.0 Å². The molecule has 1 amide bonds. The number of hydrogen-bond donors (Lipinski definition) is 1. The van der Waals surface area contributed by atoms with E-state index >= 15 is 0 Å². The second kappa shape index (κ2) is 8.61. The maximum absolute atomic E-state index is 12.4. The summed E-state index contributed by atoms with van der Waals surface area (Å²) in [4.78, 5) is 29.5. The van der Waals surface area contributed by atoms with Crippen molar-refractivity contribution in [2.24, 2.45) is 0 Å². The van der Waals surface area contributed by atoms with Crippen molar-refractivity contribution in [2.75, 3.05) is 25.0 Å². The third kappa shape index (κ3) is 4.34. The number of likely N-dealkylation sites (N-methyl/N-ethyl adjacent to an activating group) is 1. The molecule has 0 aliphatic heterocycles. The summed E-state index contributed by atoms with van der Waals surface area (Å²) in [6.07, 6.45) is 2.34. The van der Waals surface area contributed by atoms with E-state index in [1.54, 1.807) is 0 Å². The smallest absolute Gasteiger partial charge is 0.307 e. The van der Waals surface area contributed by atoms with E-state index in [4.69, 9.17) is 0 Å². The van der Waals surface area contributed by atoms with Gasteiger partial charge in [0.1, 0.15) is 18.9 Å². The first-order chi connectivity index (χ1) is 13.5. The highest BCUT2D eigenvalue weighted by atomic mass is 16.6. The second-order valence-corrected chi connectivity index (χ2v) is 6.30. The van der Waals surface area contributed by atoms with Gasteiger partial charge in [0.2, 0.25) is 11.9 Å². The molecule has 0 bridgehead atoms. The number of rotatable bonds is 9. The summed E-state index contributed by atoms with van der Waals surface area (Å²) in [5, 5.41) is 17.4. The Balaban J connectivity index is 1.77. The van der Waals surface area contributed by atoms with Crippen LogP contribution in [0.1, 0.15) is 13.8 Å². The highest BCUT2D eigenvalue weighted by molar-refractivity contribution is 5.91. The van der Waals surface area contributed by atoms with Crippen molar-refractivity contribution in [1.29, 1.82) is 0 Å².